The number of aromatic amines is 1. The average Bonchev–Trinajstić information content (AvgIpc) is 2.92. The molecule has 0 amide bonds. The van der Waals surface area contributed by atoms with E-state index in [-0.39, 0.29) is 5.56 Å². The zero-order valence-corrected chi connectivity index (χ0v) is 14.3. The van der Waals surface area contributed by atoms with Crippen molar-refractivity contribution in [1.29, 1.82) is 0 Å². The second-order valence-corrected chi connectivity index (χ2v) is 6.43. The molecule has 6 heteroatoms. The Bertz CT molecular complexity index is 868. The van der Waals surface area contributed by atoms with Gasteiger partial charge in [-0.15, -0.1) is 0 Å². The van der Waals surface area contributed by atoms with Gasteiger partial charge in [0.2, 0.25) is 0 Å². The van der Waals surface area contributed by atoms with Crippen molar-refractivity contribution in [3.63, 3.8) is 0 Å². The highest BCUT2D eigenvalue weighted by Gasteiger charge is 2.34. The first kappa shape index (κ1) is 17.0. The summed E-state index contributed by atoms with van der Waals surface area (Å²) in [5.41, 5.74) is 7.34. The van der Waals surface area contributed by atoms with Crippen LogP contribution in [0.1, 0.15) is 17.7 Å². The SMILES string of the molecule is NCCCc1[nH]c2c(Br)cccc2c1-c1ccccc1C(F)(F)F. The Hall–Kier alpha value is -1.79. The summed E-state index contributed by atoms with van der Waals surface area (Å²) < 4.78 is 41.2. The molecule has 0 spiro atoms. The van der Waals surface area contributed by atoms with Crippen LogP contribution in [0.15, 0.2) is 46.9 Å². The molecule has 3 rings (SSSR count). The van der Waals surface area contributed by atoms with Crippen LogP contribution in [0.5, 0.6) is 0 Å². The van der Waals surface area contributed by atoms with Crippen LogP contribution in [0.3, 0.4) is 0 Å². The van der Waals surface area contributed by atoms with Gasteiger partial charge in [-0.2, -0.15) is 13.2 Å². The molecule has 1 heterocycles. The van der Waals surface area contributed by atoms with Crippen LogP contribution in [0, 0.1) is 0 Å². The maximum absolute atomic E-state index is 13.5. The van der Waals surface area contributed by atoms with E-state index in [0.29, 0.717) is 24.9 Å². The smallest absolute Gasteiger partial charge is 0.357 e. The molecule has 1 aromatic heterocycles. The minimum atomic E-state index is -4.41. The standard InChI is InChI=1S/C18H16BrF3N2/c19-14-8-3-6-12-16(15(9-4-10-23)24-17(12)14)11-5-1-2-7-13(11)18(20,21)22/h1-3,5-8,24H,4,9-10,23H2. The van der Waals surface area contributed by atoms with E-state index in [9.17, 15) is 13.2 Å². The quantitative estimate of drug-likeness (QED) is 0.599. The van der Waals surface area contributed by atoms with Crippen molar-refractivity contribution in [2.45, 2.75) is 19.0 Å². The molecule has 3 N–H and O–H groups in total. The first-order chi connectivity index (χ1) is 11.4. The molecule has 0 aliphatic heterocycles. The van der Waals surface area contributed by atoms with Crippen molar-refractivity contribution in [3.8, 4) is 11.1 Å². The van der Waals surface area contributed by atoms with Crippen molar-refractivity contribution in [3.05, 3.63) is 58.2 Å². The molecule has 2 nitrogen and oxygen atoms in total. The van der Waals surface area contributed by atoms with Gasteiger partial charge < -0.3 is 10.7 Å². The highest BCUT2D eigenvalue weighted by Crippen LogP contribution is 2.42. The minimum absolute atomic E-state index is 0.196. The van der Waals surface area contributed by atoms with Crippen molar-refractivity contribution in [2.24, 2.45) is 5.73 Å². The topological polar surface area (TPSA) is 41.8 Å². The van der Waals surface area contributed by atoms with E-state index >= 15 is 0 Å². The van der Waals surface area contributed by atoms with Crippen molar-refractivity contribution in [1.82, 2.24) is 4.98 Å². The van der Waals surface area contributed by atoms with Gasteiger partial charge in [-0.3, -0.25) is 0 Å². The number of aromatic nitrogens is 1. The number of H-pyrrole nitrogens is 1. The molecule has 0 atom stereocenters. The summed E-state index contributed by atoms with van der Waals surface area (Å²) >= 11 is 3.46. The lowest BCUT2D eigenvalue weighted by molar-refractivity contribution is -0.137. The number of fused-ring (bicyclic) bond motifs is 1. The predicted octanol–water partition coefficient (Wildman–Crippen LogP) is 5.51. The number of rotatable bonds is 4. The van der Waals surface area contributed by atoms with Gasteiger partial charge in [-0.05, 0) is 53.0 Å². The van der Waals surface area contributed by atoms with E-state index in [2.05, 4.69) is 20.9 Å². The van der Waals surface area contributed by atoms with E-state index in [1.165, 1.54) is 12.1 Å². The van der Waals surface area contributed by atoms with Crippen molar-refractivity contribution in [2.75, 3.05) is 6.54 Å². The summed E-state index contributed by atoms with van der Waals surface area (Å²) in [6.45, 7) is 0.483. The first-order valence-corrected chi connectivity index (χ1v) is 8.38. The monoisotopic (exact) mass is 396 g/mol. The highest BCUT2D eigenvalue weighted by atomic mass is 79.9. The van der Waals surface area contributed by atoms with Gasteiger partial charge in [-0.25, -0.2) is 0 Å². The molecule has 0 fully saturated rings. The molecule has 0 radical (unpaired) electrons. The lowest BCUT2D eigenvalue weighted by atomic mass is 9.95. The lowest BCUT2D eigenvalue weighted by Gasteiger charge is -2.14. The number of halogens is 4. The molecule has 0 aliphatic carbocycles. The molecule has 0 saturated carbocycles. The second kappa shape index (κ2) is 6.61. The predicted molar refractivity (Wildman–Crippen MR) is 93.8 cm³/mol. The molecule has 2 aromatic carbocycles. The molecule has 126 valence electrons. The summed E-state index contributed by atoms with van der Waals surface area (Å²) in [5.74, 6) is 0. The van der Waals surface area contributed by atoms with Crippen molar-refractivity contribution >= 4 is 26.8 Å². The Morgan fingerprint density at radius 2 is 1.79 bits per heavy atom. The van der Waals surface area contributed by atoms with Crippen molar-refractivity contribution < 1.29 is 13.2 Å². The van der Waals surface area contributed by atoms with E-state index in [1.54, 1.807) is 6.07 Å². The number of benzene rings is 2. The van der Waals surface area contributed by atoms with Crippen LogP contribution in [-0.2, 0) is 12.6 Å². The van der Waals surface area contributed by atoms with Crippen LogP contribution in [0.2, 0.25) is 0 Å². The molecular formula is C18H16BrF3N2. The molecule has 0 aliphatic rings. The van der Waals surface area contributed by atoms with Gasteiger partial charge in [0.15, 0.2) is 0 Å². The van der Waals surface area contributed by atoms with Crippen LogP contribution in [0.4, 0.5) is 13.2 Å². The third kappa shape index (κ3) is 3.08. The van der Waals surface area contributed by atoms with Crippen LogP contribution in [-0.4, -0.2) is 11.5 Å². The zero-order chi connectivity index (χ0) is 17.3. The van der Waals surface area contributed by atoms with Gasteiger partial charge in [0.25, 0.3) is 0 Å². The fourth-order valence-corrected chi connectivity index (χ4v) is 3.42. The largest absolute Gasteiger partial charge is 0.417 e. The number of aryl methyl sites for hydroxylation is 1. The van der Waals surface area contributed by atoms with Crippen LogP contribution >= 0.6 is 15.9 Å². The molecule has 24 heavy (non-hydrogen) atoms. The number of nitrogens with one attached hydrogen (secondary N) is 1. The minimum Gasteiger partial charge on any atom is -0.357 e. The van der Waals surface area contributed by atoms with E-state index in [1.807, 2.05) is 18.2 Å². The molecule has 0 bridgehead atoms. The Balaban J connectivity index is 2.31. The molecule has 0 unspecified atom stereocenters. The number of hydrogen-bond acceptors (Lipinski definition) is 1. The normalized spacial score (nSPS) is 12.0. The summed E-state index contributed by atoms with van der Waals surface area (Å²) in [6, 6.07) is 11.2. The third-order valence-electron chi connectivity index (χ3n) is 3.99. The fourth-order valence-electron chi connectivity index (χ4n) is 2.96. The van der Waals surface area contributed by atoms with Gasteiger partial charge >= 0.3 is 6.18 Å². The van der Waals surface area contributed by atoms with E-state index in [0.717, 1.165) is 27.1 Å². The van der Waals surface area contributed by atoms with E-state index in [4.69, 9.17) is 5.73 Å². The zero-order valence-electron chi connectivity index (χ0n) is 12.8. The Kier molecular flexibility index (Phi) is 4.69. The van der Waals surface area contributed by atoms with Gasteiger partial charge in [0.1, 0.15) is 0 Å². The summed E-state index contributed by atoms with van der Waals surface area (Å²) in [6.07, 6.45) is -3.11. The maximum Gasteiger partial charge on any atom is 0.417 e. The fraction of sp³-hybridized carbons (Fsp3) is 0.222. The molecular weight excluding hydrogens is 381 g/mol. The van der Waals surface area contributed by atoms with Crippen LogP contribution < -0.4 is 5.73 Å². The molecule has 0 saturated heterocycles. The average molecular weight is 397 g/mol. The number of hydrogen-bond donors (Lipinski definition) is 2. The summed E-state index contributed by atoms with van der Waals surface area (Å²) in [4.78, 5) is 3.27. The summed E-state index contributed by atoms with van der Waals surface area (Å²) in [7, 11) is 0. The van der Waals surface area contributed by atoms with Gasteiger partial charge in [-0.1, -0.05) is 30.3 Å². The Morgan fingerprint density at radius 1 is 1.04 bits per heavy atom. The molecule has 3 aromatic rings. The summed E-state index contributed by atoms with van der Waals surface area (Å²) in [5, 5.41) is 0.771. The first-order valence-electron chi connectivity index (χ1n) is 7.59. The number of alkyl halides is 3. The third-order valence-corrected chi connectivity index (χ3v) is 4.65. The van der Waals surface area contributed by atoms with Gasteiger partial charge in [0, 0.05) is 21.1 Å². The highest BCUT2D eigenvalue weighted by molar-refractivity contribution is 9.10. The van der Waals surface area contributed by atoms with Crippen LogP contribution in [0.25, 0.3) is 22.0 Å². The van der Waals surface area contributed by atoms with Gasteiger partial charge in [0.05, 0.1) is 11.1 Å². The maximum atomic E-state index is 13.5. The number of nitrogens with two attached hydrogens (primary N) is 1. The lowest BCUT2D eigenvalue weighted by Crippen LogP contribution is -2.07. The number of para-hydroxylation sites is 1. The Labute approximate surface area is 146 Å². The second-order valence-electron chi connectivity index (χ2n) is 5.58. The van der Waals surface area contributed by atoms with E-state index < -0.39 is 11.7 Å². The Morgan fingerprint density at radius 3 is 2.50 bits per heavy atom.